The first-order valence-corrected chi connectivity index (χ1v) is 4.49. The van der Waals surface area contributed by atoms with Crippen molar-refractivity contribution in [3.63, 3.8) is 0 Å². The van der Waals surface area contributed by atoms with Crippen molar-refractivity contribution < 1.29 is 4.74 Å². The quantitative estimate of drug-likeness (QED) is 0.634. The Bertz CT molecular complexity index is 381. The van der Waals surface area contributed by atoms with Crippen molar-refractivity contribution in [2.45, 2.75) is 13.0 Å². The topological polar surface area (TPSA) is 33.0 Å². The number of halogens is 1. The molecule has 2 nitrogen and oxygen atoms in total. The molecule has 0 bridgehead atoms. The van der Waals surface area contributed by atoms with Crippen LogP contribution in [0.25, 0.3) is 0 Å². The van der Waals surface area contributed by atoms with Gasteiger partial charge in [-0.25, -0.2) is 0 Å². The van der Waals surface area contributed by atoms with Gasteiger partial charge in [0.25, 0.3) is 0 Å². The molecule has 3 heteroatoms. The second-order valence-corrected chi connectivity index (χ2v) is 3.36. The number of fused-ring (bicyclic) bond motifs is 1. The minimum absolute atomic E-state index is 0.558. The number of hydrogen-bond acceptors (Lipinski definition) is 2. The van der Waals surface area contributed by atoms with E-state index in [9.17, 15) is 0 Å². The first kappa shape index (κ1) is 8.55. The van der Waals surface area contributed by atoms with E-state index in [1.54, 1.807) is 6.07 Å². The molecule has 0 aliphatic carbocycles. The Morgan fingerprint density at radius 3 is 3.08 bits per heavy atom. The molecule has 1 heterocycles. The van der Waals surface area contributed by atoms with Crippen LogP contribution in [0.1, 0.15) is 16.7 Å². The molecule has 0 unspecified atom stereocenters. The molecule has 0 radical (unpaired) electrons. The van der Waals surface area contributed by atoms with Gasteiger partial charge in [0, 0.05) is 0 Å². The number of nitrogens with zero attached hydrogens (tertiary/aromatic N) is 1. The molecule has 0 amide bonds. The van der Waals surface area contributed by atoms with Crippen LogP contribution in [0.5, 0.6) is 0 Å². The van der Waals surface area contributed by atoms with Crippen molar-refractivity contribution >= 4 is 11.6 Å². The first-order valence-electron chi connectivity index (χ1n) is 4.11. The lowest BCUT2D eigenvalue weighted by molar-refractivity contribution is 0.111. The van der Waals surface area contributed by atoms with Gasteiger partial charge in [-0.15, -0.1) is 0 Å². The van der Waals surface area contributed by atoms with Crippen LogP contribution in [0.4, 0.5) is 0 Å². The van der Waals surface area contributed by atoms with Gasteiger partial charge >= 0.3 is 0 Å². The molecule has 13 heavy (non-hydrogen) atoms. The minimum atomic E-state index is 0.558. The van der Waals surface area contributed by atoms with Crippen LogP contribution in [0.3, 0.4) is 0 Å². The van der Waals surface area contributed by atoms with Crippen LogP contribution in [-0.2, 0) is 17.8 Å². The zero-order valence-electron chi connectivity index (χ0n) is 7.01. The molecule has 0 spiro atoms. The largest absolute Gasteiger partial charge is 0.376 e. The summed E-state index contributed by atoms with van der Waals surface area (Å²) in [7, 11) is 0. The van der Waals surface area contributed by atoms with Crippen molar-refractivity contribution in [2.75, 3.05) is 6.61 Å². The van der Waals surface area contributed by atoms with E-state index in [0.717, 1.165) is 17.5 Å². The van der Waals surface area contributed by atoms with Crippen molar-refractivity contribution in [1.29, 1.82) is 5.26 Å². The fourth-order valence-corrected chi connectivity index (χ4v) is 1.83. The fourth-order valence-electron chi connectivity index (χ4n) is 1.51. The maximum absolute atomic E-state index is 8.75. The van der Waals surface area contributed by atoms with Crippen molar-refractivity contribution in [3.05, 3.63) is 33.8 Å². The van der Waals surface area contributed by atoms with Crippen LogP contribution in [0.2, 0.25) is 5.02 Å². The summed E-state index contributed by atoms with van der Waals surface area (Å²) in [6.07, 6.45) is 0.809. The molecule has 0 N–H and O–H groups in total. The van der Waals surface area contributed by atoms with Gasteiger partial charge in [-0.1, -0.05) is 17.7 Å². The van der Waals surface area contributed by atoms with E-state index in [2.05, 4.69) is 6.07 Å². The average Bonchev–Trinajstić information content (AvgIpc) is 2.19. The summed E-state index contributed by atoms with van der Waals surface area (Å²) in [4.78, 5) is 0. The molecular formula is C10H8ClNO. The molecule has 66 valence electrons. The maximum atomic E-state index is 8.75. The first-order chi connectivity index (χ1) is 6.33. The summed E-state index contributed by atoms with van der Waals surface area (Å²) < 4.78 is 5.28. The van der Waals surface area contributed by atoms with Crippen molar-refractivity contribution in [3.8, 4) is 6.07 Å². The third kappa shape index (κ3) is 1.41. The molecule has 0 fully saturated rings. The Balaban J connectivity index is 2.56. The van der Waals surface area contributed by atoms with Crippen molar-refractivity contribution in [2.24, 2.45) is 0 Å². The molecule has 1 aliphatic rings. The second kappa shape index (κ2) is 3.37. The molecule has 0 atom stereocenters. The zero-order chi connectivity index (χ0) is 9.26. The third-order valence-corrected chi connectivity index (χ3v) is 2.65. The highest BCUT2D eigenvalue weighted by Crippen LogP contribution is 2.27. The fraction of sp³-hybridized carbons (Fsp3) is 0.300. The van der Waals surface area contributed by atoms with Crippen LogP contribution in [0, 0.1) is 11.3 Å². The van der Waals surface area contributed by atoms with Gasteiger partial charge in [-0.2, -0.15) is 5.26 Å². The summed E-state index contributed by atoms with van der Waals surface area (Å²) in [5.74, 6) is 0. The normalized spacial score (nSPS) is 14.8. The summed E-state index contributed by atoms with van der Waals surface area (Å²) in [6.45, 7) is 1.31. The standard InChI is InChI=1S/C10H8ClNO/c11-10-7(5-12)1-2-8-6-13-4-3-9(8)10/h1-2H,3-4,6H2. The van der Waals surface area contributed by atoms with Gasteiger partial charge in [0.1, 0.15) is 6.07 Å². The molecular weight excluding hydrogens is 186 g/mol. The highest BCUT2D eigenvalue weighted by Gasteiger charge is 2.14. The molecule has 1 aromatic rings. The van der Waals surface area contributed by atoms with E-state index in [-0.39, 0.29) is 0 Å². The Kier molecular flexibility index (Phi) is 2.22. The van der Waals surface area contributed by atoms with Gasteiger partial charge in [-0.05, 0) is 23.6 Å². The summed E-state index contributed by atoms with van der Waals surface area (Å²) in [5, 5.41) is 9.35. The highest BCUT2D eigenvalue weighted by molar-refractivity contribution is 6.32. The Labute approximate surface area is 81.7 Å². The van der Waals surface area contributed by atoms with Gasteiger partial charge in [0.15, 0.2) is 0 Å². The zero-order valence-corrected chi connectivity index (χ0v) is 7.77. The summed E-state index contributed by atoms with van der Waals surface area (Å²) >= 11 is 6.05. The number of nitriles is 1. The maximum Gasteiger partial charge on any atom is 0.101 e. The smallest absolute Gasteiger partial charge is 0.101 e. The van der Waals surface area contributed by atoms with Gasteiger partial charge < -0.3 is 4.74 Å². The van der Waals surface area contributed by atoms with Crippen LogP contribution in [0.15, 0.2) is 12.1 Å². The monoisotopic (exact) mass is 193 g/mol. The third-order valence-electron chi connectivity index (χ3n) is 2.21. The minimum Gasteiger partial charge on any atom is -0.376 e. The molecule has 0 saturated carbocycles. The molecule has 2 rings (SSSR count). The summed E-state index contributed by atoms with van der Waals surface area (Å²) in [5.41, 5.74) is 2.74. The lowest BCUT2D eigenvalue weighted by Crippen LogP contribution is -2.10. The number of rotatable bonds is 0. The Morgan fingerprint density at radius 2 is 2.31 bits per heavy atom. The SMILES string of the molecule is N#Cc1ccc2c(c1Cl)CCOC2. The van der Waals surface area contributed by atoms with E-state index in [1.807, 2.05) is 6.07 Å². The second-order valence-electron chi connectivity index (χ2n) is 2.98. The summed E-state index contributed by atoms with van der Waals surface area (Å²) in [6, 6.07) is 5.73. The van der Waals surface area contributed by atoms with E-state index < -0.39 is 0 Å². The van der Waals surface area contributed by atoms with Gasteiger partial charge in [-0.3, -0.25) is 0 Å². The lowest BCUT2D eigenvalue weighted by atomic mass is 10.0. The van der Waals surface area contributed by atoms with Gasteiger partial charge in [0.05, 0.1) is 23.8 Å². The molecule has 0 saturated heterocycles. The lowest BCUT2D eigenvalue weighted by Gasteiger charge is -2.17. The molecule has 1 aliphatic heterocycles. The van der Waals surface area contributed by atoms with Crippen molar-refractivity contribution in [1.82, 2.24) is 0 Å². The van der Waals surface area contributed by atoms with E-state index in [1.165, 1.54) is 0 Å². The number of benzene rings is 1. The van der Waals surface area contributed by atoms with E-state index in [0.29, 0.717) is 23.8 Å². The predicted molar refractivity (Wildman–Crippen MR) is 49.5 cm³/mol. The molecule has 1 aromatic carbocycles. The number of hydrogen-bond donors (Lipinski definition) is 0. The predicted octanol–water partition coefficient (Wildman–Crippen LogP) is 2.28. The van der Waals surface area contributed by atoms with E-state index in [4.69, 9.17) is 21.6 Å². The Morgan fingerprint density at radius 1 is 1.46 bits per heavy atom. The van der Waals surface area contributed by atoms with Gasteiger partial charge in [0.2, 0.25) is 0 Å². The van der Waals surface area contributed by atoms with Crippen LogP contribution in [-0.4, -0.2) is 6.61 Å². The average molecular weight is 194 g/mol. The molecule has 0 aromatic heterocycles. The van der Waals surface area contributed by atoms with Crippen LogP contribution >= 0.6 is 11.6 Å². The van der Waals surface area contributed by atoms with Crippen LogP contribution < -0.4 is 0 Å². The van der Waals surface area contributed by atoms with E-state index >= 15 is 0 Å². The Hall–Kier alpha value is -1.04. The number of ether oxygens (including phenoxy) is 1. The highest BCUT2D eigenvalue weighted by atomic mass is 35.5.